The molecule has 2 N–H and O–H groups in total. The highest BCUT2D eigenvalue weighted by atomic mass is 16.7. The highest BCUT2D eigenvalue weighted by molar-refractivity contribution is 6.12. The zero-order valence-electron chi connectivity index (χ0n) is 14.4. The zero-order valence-corrected chi connectivity index (χ0v) is 14.4. The molecule has 1 aromatic carbocycles. The molecule has 0 bridgehead atoms. The molecule has 0 saturated heterocycles. The van der Waals surface area contributed by atoms with Crippen LogP contribution in [0.25, 0.3) is 0 Å². The van der Waals surface area contributed by atoms with E-state index < -0.39 is 17.2 Å². The maximum atomic E-state index is 13.1. The quantitative estimate of drug-likeness (QED) is 0.878. The van der Waals surface area contributed by atoms with Gasteiger partial charge >= 0.3 is 0 Å². The Balaban J connectivity index is 1.93. The van der Waals surface area contributed by atoms with Crippen LogP contribution in [-0.2, 0) is 15.1 Å². The van der Waals surface area contributed by atoms with E-state index in [4.69, 9.17) is 9.47 Å². The number of Topliss-reactive ketones (excluding diaryl/α,β-unsaturated/α-hetero) is 1. The molecule has 5 nitrogen and oxygen atoms in total. The minimum absolute atomic E-state index is 0.0365. The Hall–Kier alpha value is -1.95. The van der Waals surface area contributed by atoms with Gasteiger partial charge in [0, 0.05) is 16.7 Å². The van der Waals surface area contributed by atoms with Gasteiger partial charge in [-0.05, 0) is 30.4 Å². The SMILES string of the molecule is CC(C)c1ccc2c(c1)OC1(OCCO)C3=CCCC=C3C(=O)C21O. The summed E-state index contributed by atoms with van der Waals surface area (Å²) >= 11 is 0. The van der Waals surface area contributed by atoms with Crippen LogP contribution in [0.3, 0.4) is 0 Å². The molecule has 132 valence electrons. The van der Waals surface area contributed by atoms with E-state index >= 15 is 0 Å². The predicted molar refractivity (Wildman–Crippen MR) is 91.2 cm³/mol. The largest absolute Gasteiger partial charge is 0.453 e. The van der Waals surface area contributed by atoms with Crippen LogP contribution < -0.4 is 4.74 Å². The molecule has 3 aliphatic rings. The molecule has 2 unspecified atom stereocenters. The van der Waals surface area contributed by atoms with Crippen LogP contribution in [-0.4, -0.2) is 35.0 Å². The number of ether oxygens (including phenoxy) is 2. The van der Waals surface area contributed by atoms with Crippen LogP contribution in [0.1, 0.15) is 43.7 Å². The Labute approximate surface area is 146 Å². The van der Waals surface area contributed by atoms with Gasteiger partial charge in [0.2, 0.25) is 11.4 Å². The molecule has 1 fully saturated rings. The lowest BCUT2D eigenvalue weighted by Gasteiger charge is -2.34. The first-order valence-electron chi connectivity index (χ1n) is 8.72. The van der Waals surface area contributed by atoms with Crippen molar-refractivity contribution in [2.45, 2.75) is 44.0 Å². The van der Waals surface area contributed by atoms with Gasteiger partial charge in [-0.3, -0.25) is 4.79 Å². The van der Waals surface area contributed by atoms with Crippen LogP contribution in [0.15, 0.2) is 41.5 Å². The van der Waals surface area contributed by atoms with E-state index in [2.05, 4.69) is 13.8 Å². The van der Waals surface area contributed by atoms with E-state index in [1.807, 2.05) is 24.3 Å². The Morgan fingerprint density at radius 1 is 1.28 bits per heavy atom. The maximum Gasteiger partial charge on any atom is 0.279 e. The molecule has 1 saturated carbocycles. The molecule has 0 amide bonds. The summed E-state index contributed by atoms with van der Waals surface area (Å²) in [6, 6.07) is 5.52. The van der Waals surface area contributed by atoms with Crippen molar-refractivity contribution in [3.63, 3.8) is 0 Å². The normalized spacial score (nSPS) is 29.7. The van der Waals surface area contributed by atoms with Crippen LogP contribution in [0.2, 0.25) is 0 Å². The number of carbonyl (C=O) groups excluding carboxylic acids is 1. The molecule has 4 rings (SSSR count). The number of aliphatic hydroxyl groups excluding tert-OH is 1. The van der Waals surface area contributed by atoms with Gasteiger partial charge in [-0.15, -0.1) is 0 Å². The molecule has 2 atom stereocenters. The second-order valence-electron chi connectivity index (χ2n) is 7.05. The van der Waals surface area contributed by atoms with Crippen LogP contribution in [0.4, 0.5) is 0 Å². The fourth-order valence-electron chi connectivity index (χ4n) is 4.01. The summed E-state index contributed by atoms with van der Waals surface area (Å²) in [6.45, 7) is 3.88. The van der Waals surface area contributed by atoms with Crippen molar-refractivity contribution in [3.05, 3.63) is 52.6 Å². The summed E-state index contributed by atoms with van der Waals surface area (Å²) in [5.74, 6) is -1.26. The number of hydrogen-bond acceptors (Lipinski definition) is 5. The van der Waals surface area contributed by atoms with E-state index in [9.17, 15) is 15.0 Å². The summed E-state index contributed by atoms with van der Waals surface area (Å²) in [5.41, 5.74) is 0.596. The maximum absolute atomic E-state index is 13.1. The Bertz CT molecular complexity index is 806. The second-order valence-corrected chi connectivity index (χ2v) is 7.05. The van der Waals surface area contributed by atoms with Crippen molar-refractivity contribution < 1.29 is 24.5 Å². The number of aliphatic hydroxyl groups is 2. The van der Waals surface area contributed by atoms with Gasteiger partial charge in [0.25, 0.3) is 5.79 Å². The number of allylic oxidation sites excluding steroid dienone is 2. The Morgan fingerprint density at radius 3 is 2.76 bits per heavy atom. The molecule has 25 heavy (non-hydrogen) atoms. The van der Waals surface area contributed by atoms with Gasteiger partial charge in [0.05, 0.1) is 13.2 Å². The lowest BCUT2D eigenvalue weighted by molar-refractivity contribution is -0.232. The smallest absolute Gasteiger partial charge is 0.279 e. The molecule has 0 radical (unpaired) electrons. The van der Waals surface area contributed by atoms with Crippen molar-refractivity contribution in [3.8, 4) is 5.75 Å². The monoisotopic (exact) mass is 342 g/mol. The molecule has 2 aliphatic carbocycles. The van der Waals surface area contributed by atoms with Crippen molar-refractivity contribution in [1.82, 2.24) is 0 Å². The topological polar surface area (TPSA) is 76.0 Å². The fraction of sp³-hybridized carbons (Fsp3) is 0.450. The van der Waals surface area contributed by atoms with Crippen LogP contribution >= 0.6 is 0 Å². The molecule has 5 heteroatoms. The Kier molecular flexibility index (Phi) is 3.65. The van der Waals surface area contributed by atoms with E-state index in [0.717, 1.165) is 18.4 Å². The molecule has 0 aromatic heterocycles. The van der Waals surface area contributed by atoms with Gasteiger partial charge in [0.15, 0.2) is 0 Å². The summed E-state index contributed by atoms with van der Waals surface area (Å²) in [6.07, 6.45) is 5.24. The van der Waals surface area contributed by atoms with Gasteiger partial charge in [-0.2, -0.15) is 0 Å². The number of hydrogen-bond donors (Lipinski definition) is 2. The first kappa shape index (κ1) is 16.5. The summed E-state index contributed by atoms with van der Waals surface area (Å²) in [5, 5.41) is 20.8. The first-order valence-corrected chi connectivity index (χ1v) is 8.72. The number of ketones is 1. The third kappa shape index (κ3) is 1.97. The molecular weight excluding hydrogens is 320 g/mol. The number of benzene rings is 1. The fourth-order valence-corrected chi connectivity index (χ4v) is 4.01. The minimum Gasteiger partial charge on any atom is -0.453 e. The van der Waals surface area contributed by atoms with Gasteiger partial charge in [-0.1, -0.05) is 38.1 Å². The van der Waals surface area contributed by atoms with Gasteiger partial charge < -0.3 is 19.7 Å². The lowest BCUT2D eigenvalue weighted by Crippen LogP contribution is -2.53. The van der Waals surface area contributed by atoms with Gasteiger partial charge in [-0.25, -0.2) is 0 Å². The van der Waals surface area contributed by atoms with Crippen molar-refractivity contribution >= 4 is 5.78 Å². The summed E-state index contributed by atoms with van der Waals surface area (Å²) < 4.78 is 12.0. The number of carbonyl (C=O) groups is 1. The molecule has 1 aromatic rings. The van der Waals surface area contributed by atoms with E-state index in [-0.39, 0.29) is 13.2 Å². The average molecular weight is 342 g/mol. The highest BCUT2D eigenvalue weighted by Crippen LogP contribution is 2.60. The van der Waals surface area contributed by atoms with Crippen LogP contribution in [0, 0.1) is 0 Å². The third-order valence-electron chi connectivity index (χ3n) is 5.27. The molecule has 1 heterocycles. The van der Waals surface area contributed by atoms with E-state index in [0.29, 0.717) is 28.4 Å². The minimum atomic E-state index is -1.92. The number of rotatable bonds is 4. The van der Waals surface area contributed by atoms with Crippen molar-refractivity contribution in [1.29, 1.82) is 0 Å². The number of fused-ring (bicyclic) bond motifs is 5. The molecule has 0 spiro atoms. The van der Waals surface area contributed by atoms with Crippen molar-refractivity contribution in [2.24, 2.45) is 0 Å². The summed E-state index contributed by atoms with van der Waals surface area (Å²) in [7, 11) is 0. The van der Waals surface area contributed by atoms with Gasteiger partial charge in [0.1, 0.15) is 5.75 Å². The van der Waals surface area contributed by atoms with Crippen LogP contribution in [0.5, 0.6) is 5.75 Å². The predicted octanol–water partition coefficient (Wildman–Crippen LogP) is 2.32. The van der Waals surface area contributed by atoms with E-state index in [1.165, 1.54) is 0 Å². The Morgan fingerprint density at radius 2 is 2.04 bits per heavy atom. The van der Waals surface area contributed by atoms with E-state index in [1.54, 1.807) is 6.07 Å². The standard InChI is InChI=1S/C20H22O5/c1-12(2)13-7-8-16-17(11-13)25-20(24-10-9-21)15-6-4-3-5-14(15)18(22)19(16,20)23/h5-8,11-12,21,23H,3-4,9-10H2,1-2H3. The highest BCUT2D eigenvalue weighted by Gasteiger charge is 2.73. The third-order valence-corrected chi connectivity index (χ3v) is 5.27. The first-order chi connectivity index (χ1) is 12.0. The zero-order chi connectivity index (χ0) is 17.8. The average Bonchev–Trinajstić information content (AvgIpc) is 2.98. The van der Waals surface area contributed by atoms with Crippen molar-refractivity contribution in [2.75, 3.05) is 13.2 Å². The summed E-state index contributed by atoms with van der Waals surface area (Å²) in [4.78, 5) is 13.1. The molecular formula is C20H22O5. The lowest BCUT2D eigenvalue weighted by atomic mass is 9.86. The second kappa shape index (κ2) is 5.53. The molecule has 1 aliphatic heterocycles.